The average molecular weight is 275 g/mol. The first-order chi connectivity index (χ1) is 9.74. The Labute approximate surface area is 123 Å². The molecule has 0 aromatic heterocycles. The molecule has 0 bridgehead atoms. The van der Waals surface area contributed by atoms with Gasteiger partial charge in [-0.1, -0.05) is 38.1 Å². The molecule has 20 heavy (non-hydrogen) atoms. The van der Waals surface area contributed by atoms with Gasteiger partial charge in [0.2, 0.25) is 0 Å². The van der Waals surface area contributed by atoms with Crippen LogP contribution in [0, 0.1) is 0 Å². The van der Waals surface area contributed by atoms with Crippen LogP contribution >= 0.6 is 0 Å². The smallest absolute Gasteiger partial charge is 0.0576 e. The molecule has 1 aromatic carbocycles. The van der Waals surface area contributed by atoms with Gasteiger partial charge in [0.15, 0.2) is 0 Å². The van der Waals surface area contributed by atoms with Crippen molar-refractivity contribution in [3.05, 3.63) is 35.4 Å². The Bertz CT molecular complexity index is 381. The summed E-state index contributed by atoms with van der Waals surface area (Å²) in [4.78, 5) is 0. The fraction of sp³-hybridized carbons (Fsp3) is 0.667. The summed E-state index contributed by atoms with van der Waals surface area (Å²) in [5.41, 5.74) is 2.85. The zero-order chi connectivity index (χ0) is 14.4. The molecule has 0 spiro atoms. The molecule has 1 saturated heterocycles. The Kier molecular flexibility index (Phi) is 6.06. The molecule has 0 saturated carbocycles. The maximum Gasteiger partial charge on any atom is 0.0576 e. The predicted octanol–water partition coefficient (Wildman–Crippen LogP) is 4.42. The normalized spacial score (nSPS) is 21.9. The van der Waals surface area contributed by atoms with Crippen LogP contribution in [0.1, 0.15) is 69.0 Å². The van der Waals surface area contributed by atoms with Crippen LogP contribution < -0.4 is 5.32 Å². The Hall–Kier alpha value is -0.860. The van der Waals surface area contributed by atoms with E-state index < -0.39 is 0 Å². The standard InChI is InChI=1S/C18H29NO/c1-4-14(2)15-7-9-16(10-8-15)18(19-3)12-11-17-6-5-13-20-17/h7-10,14,17-19H,4-6,11-13H2,1-3H3. The Morgan fingerprint density at radius 2 is 1.95 bits per heavy atom. The van der Waals surface area contributed by atoms with Crippen LogP contribution in [0.5, 0.6) is 0 Å². The lowest BCUT2D eigenvalue weighted by Crippen LogP contribution is -2.18. The highest BCUT2D eigenvalue weighted by Crippen LogP contribution is 2.26. The summed E-state index contributed by atoms with van der Waals surface area (Å²) in [7, 11) is 2.06. The van der Waals surface area contributed by atoms with Gasteiger partial charge in [0.05, 0.1) is 6.10 Å². The van der Waals surface area contributed by atoms with Gasteiger partial charge in [-0.15, -0.1) is 0 Å². The van der Waals surface area contributed by atoms with Crippen LogP contribution in [0.3, 0.4) is 0 Å². The number of ether oxygens (including phenoxy) is 1. The van der Waals surface area contributed by atoms with Crippen molar-refractivity contribution in [2.45, 2.75) is 64.0 Å². The monoisotopic (exact) mass is 275 g/mol. The largest absolute Gasteiger partial charge is 0.378 e. The van der Waals surface area contributed by atoms with Crippen LogP contribution in [-0.4, -0.2) is 19.8 Å². The Balaban J connectivity index is 1.92. The number of benzene rings is 1. The van der Waals surface area contributed by atoms with Crippen molar-refractivity contribution in [2.75, 3.05) is 13.7 Å². The number of nitrogens with one attached hydrogen (secondary N) is 1. The molecule has 1 heterocycles. The molecule has 3 atom stereocenters. The van der Waals surface area contributed by atoms with Gasteiger partial charge in [-0.3, -0.25) is 0 Å². The molecule has 1 fully saturated rings. The van der Waals surface area contributed by atoms with E-state index >= 15 is 0 Å². The van der Waals surface area contributed by atoms with Crippen LogP contribution in [0.4, 0.5) is 0 Å². The Morgan fingerprint density at radius 1 is 1.25 bits per heavy atom. The first-order valence-corrected chi connectivity index (χ1v) is 8.13. The molecule has 2 nitrogen and oxygen atoms in total. The van der Waals surface area contributed by atoms with Gasteiger partial charge in [0, 0.05) is 12.6 Å². The maximum absolute atomic E-state index is 5.72. The molecule has 3 unspecified atom stereocenters. The molecule has 112 valence electrons. The van der Waals surface area contributed by atoms with Gasteiger partial charge in [0.1, 0.15) is 0 Å². The van der Waals surface area contributed by atoms with Gasteiger partial charge >= 0.3 is 0 Å². The second-order valence-electron chi connectivity index (χ2n) is 6.03. The highest BCUT2D eigenvalue weighted by molar-refractivity contribution is 5.27. The summed E-state index contributed by atoms with van der Waals surface area (Å²) in [6.07, 6.45) is 6.49. The zero-order valence-corrected chi connectivity index (χ0v) is 13.2. The summed E-state index contributed by atoms with van der Waals surface area (Å²) < 4.78 is 5.72. The minimum absolute atomic E-state index is 0.449. The third-order valence-electron chi connectivity index (χ3n) is 4.67. The number of rotatable bonds is 7. The third kappa shape index (κ3) is 4.07. The molecule has 1 N–H and O–H groups in total. The van der Waals surface area contributed by atoms with Gasteiger partial charge in [0.25, 0.3) is 0 Å². The van der Waals surface area contributed by atoms with Crippen LogP contribution in [0.2, 0.25) is 0 Å². The summed E-state index contributed by atoms with van der Waals surface area (Å²) in [5, 5.41) is 3.45. The van der Waals surface area contributed by atoms with Gasteiger partial charge in [-0.05, 0) is 56.2 Å². The minimum atomic E-state index is 0.449. The van der Waals surface area contributed by atoms with E-state index in [2.05, 4.69) is 50.5 Å². The van der Waals surface area contributed by atoms with Crippen molar-refractivity contribution in [3.8, 4) is 0 Å². The van der Waals surface area contributed by atoms with E-state index in [0.29, 0.717) is 18.1 Å². The second kappa shape index (κ2) is 7.80. The minimum Gasteiger partial charge on any atom is -0.378 e. The topological polar surface area (TPSA) is 21.3 Å². The summed E-state index contributed by atoms with van der Waals surface area (Å²) in [6, 6.07) is 9.61. The Morgan fingerprint density at radius 3 is 2.50 bits per heavy atom. The third-order valence-corrected chi connectivity index (χ3v) is 4.67. The quantitative estimate of drug-likeness (QED) is 0.795. The first kappa shape index (κ1) is 15.5. The van der Waals surface area contributed by atoms with E-state index in [4.69, 9.17) is 4.74 Å². The van der Waals surface area contributed by atoms with Crippen molar-refractivity contribution < 1.29 is 4.74 Å². The molecule has 1 aromatic rings. The lowest BCUT2D eigenvalue weighted by atomic mass is 9.94. The summed E-state index contributed by atoms with van der Waals surface area (Å²) in [5.74, 6) is 0.656. The fourth-order valence-electron chi connectivity index (χ4n) is 2.99. The van der Waals surface area contributed by atoms with E-state index in [1.165, 1.54) is 36.8 Å². The van der Waals surface area contributed by atoms with Gasteiger partial charge in [-0.2, -0.15) is 0 Å². The van der Waals surface area contributed by atoms with Gasteiger partial charge in [-0.25, -0.2) is 0 Å². The van der Waals surface area contributed by atoms with E-state index in [-0.39, 0.29) is 0 Å². The lowest BCUT2D eigenvalue weighted by molar-refractivity contribution is 0.0998. The molecule has 0 radical (unpaired) electrons. The highest BCUT2D eigenvalue weighted by atomic mass is 16.5. The zero-order valence-electron chi connectivity index (χ0n) is 13.2. The van der Waals surface area contributed by atoms with Crippen LogP contribution in [-0.2, 0) is 4.74 Å². The number of hydrogen-bond donors (Lipinski definition) is 1. The molecule has 0 aliphatic carbocycles. The summed E-state index contributed by atoms with van der Waals surface area (Å²) in [6.45, 7) is 5.50. The van der Waals surface area contributed by atoms with Crippen molar-refractivity contribution in [3.63, 3.8) is 0 Å². The molecule has 1 aliphatic rings. The molecular formula is C18H29NO. The average Bonchev–Trinajstić information content (AvgIpc) is 3.01. The number of hydrogen-bond acceptors (Lipinski definition) is 2. The molecule has 2 rings (SSSR count). The molecule has 2 heteroatoms. The summed E-state index contributed by atoms with van der Waals surface area (Å²) >= 11 is 0. The lowest BCUT2D eigenvalue weighted by Gasteiger charge is -2.19. The second-order valence-corrected chi connectivity index (χ2v) is 6.03. The van der Waals surface area contributed by atoms with E-state index in [1.54, 1.807) is 0 Å². The SMILES string of the molecule is CCC(C)c1ccc(C(CCC2CCCO2)NC)cc1. The van der Waals surface area contributed by atoms with Crippen LogP contribution in [0.15, 0.2) is 24.3 Å². The van der Waals surface area contributed by atoms with Crippen molar-refractivity contribution in [1.29, 1.82) is 0 Å². The van der Waals surface area contributed by atoms with Crippen molar-refractivity contribution in [2.24, 2.45) is 0 Å². The fourth-order valence-corrected chi connectivity index (χ4v) is 2.99. The molecule has 0 amide bonds. The first-order valence-electron chi connectivity index (χ1n) is 8.13. The highest BCUT2D eigenvalue weighted by Gasteiger charge is 2.18. The predicted molar refractivity (Wildman–Crippen MR) is 85.2 cm³/mol. The molecule has 1 aliphatic heterocycles. The van der Waals surface area contributed by atoms with E-state index in [1.807, 2.05) is 0 Å². The molecular weight excluding hydrogens is 246 g/mol. The van der Waals surface area contributed by atoms with E-state index in [9.17, 15) is 0 Å². The van der Waals surface area contributed by atoms with E-state index in [0.717, 1.165) is 13.0 Å². The van der Waals surface area contributed by atoms with Crippen molar-refractivity contribution in [1.82, 2.24) is 5.32 Å². The van der Waals surface area contributed by atoms with Crippen LogP contribution in [0.25, 0.3) is 0 Å². The van der Waals surface area contributed by atoms with Gasteiger partial charge < -0.3 is 10.1 Å². The van der Waals surface area contributed by atoms with Crippen molar-refractivity contribution >= 4 is 0 Å². The maximum atomic E-state index is 5.72.